The Bertz CT molecular complexity index is 878. The van der Waals surface area contributed by atoms with Gasteiger partial charge in [-0.05, 0) is 37.3 Å². The van der Waals surface area contributed by atoms with Gasteiger partial charge in [0.05, 0.1) is 24.0 Å². The molecule has 2 heterocycles. The molecule has 0 atom stereocenters. The number of halogens is 2. The van der Waals surface area contributed by atoms with Crippen LogP contribution in [-0.4, -0.2) is 15.9 Å². The SMILES string of the molecule is Cc1nc(CNC(=O)c2ccncc2F)oc1-c1ccc(Cl)cc1. The summed E-state index contributed by atoms with van der Waals surface area (Å²) in [7, 11) is 0. The minimum atomic E-state index is -0.680. The van der Waals surface area contributed by atoms with Crippen molar-refractivity contribution in [3.63, 3.8) is 0 Å². The highest BCUT2D eigenvalue weighted by atomic mass is 35.5. The topological polar surface area (TPSA) is 68.0 Å². The second-order valence-electron chi connectivity index (χ2n) is 5.07. The molecule has 1 amide bonds. The Morgan fingerprint density at radius 2 is 2.04 bits per heavy atom. The standard InChI is InChI=1S/C17H13ClFN3O2/c1-10-16(11-2-4-12(18)5-3-11)24-15(22-10)9-21-17(23)13-6-7-20-8-14(13)19/h2-8H,9H2,1H3,(H,21,23). The van der Waals surface area contributed by atoms with E-state index in [1.165, 1.54) is 12.3 Å². The fourth-order valence-corrected chi connectivity index (χ4v) is 2.33. The summed E-state index contributed by atoms with van der Waals surface area (Å²) < 4.78 is 19.2. The quantitative estimate of drug-likeness (QED) is 0.781. The number of oxazole rings is 1. The molecule has 3 aromatic rings. The monoisotopic (exact) mass is 345 g/mol. The molecule has 0 saturated heterocycles. The van der Waals surface area contributed by atoms with Crippen LogP contribution in [0.5, 0.6) is 0 Å². The van der Waals surface area contributed by atoms with Crippen LogP contribution in [-0.2, 0) is 6.54 Å². The molecule has 0 aliphatic rings. The molecule has 0 unspecified atom stereocenters. The van der Waals surface area contributed by atoms with E-state index in [9.17, 15) is 9.18 Å². The third-order valence-corrected chi connectivity index (χ3v) is 3.62. The third-order valence-electron chi connectivity index (χ3n) is 3.36. The van der Waals surface area contributed by atoms with Crippen LogP contribution < -0.4 is 5.32 Å². The van der Waals surface area contributed by atoms with Crippen LogP contribution in [0.1, 0.15) is 21.9 Å². The summed E-state index contributed by atoms with van der Waals surface area (Å²) in [6.45, 7) is 1.86. The first-order valence-electron chi connectivity index (χ1n) is 7.14. The van der Waals surface area contributed by atoms with Gasteiger partial charge >= 0.3 is 0 Å². The van der Waals surface area contributed by atoms with Crippen molar-refractivity contribution >= 4 is 17.5 Å². The molecule has 1 aromatic carbocycles. The molecular formula is C17H13ClFN3O2. The highest BCUT2D eigenvalue weighted by Gasteiger charge is 2.15. The molecule has 3 rings (SSSR count). The van der Waals surface area contributed by atoms with Crippen molar-refractivity contribution in [1.29, 1.82) is 0 Å². The van der Waals surface area contributed by atoms with Gasteiger partial charge in [-0.25, -0.2) is 9.37 Å². The second-order valence-corrected chi connectivity index (χ2v) is 5.50. The van der Waals surface area contributed by atoms with Crippen molar-refractivity contribution in [2.45, 2.75) is 13.5 Å². The van der Waals surface area contributed by atoms with Gasteiger partial charge in [0.1, 0.15) is 0 Å². The van der Waals surface area contributed by atoms with Crippen LogP contribution in [0.2, 0.25) is 5.02 Å². The Labute approximate surface area is 142 Å². The molecule has 2 aromatic heterocycles. The van der Waals surface area contributed by atoms with Crippen LogP contribution in [0.4, 0.5) is 4.39 Å². The average molecular weight is 346 g/mol. The van der Waals surface area contributed by atoms with Crippen molar-refractivity contribution < 1.29 is 13.6 Å². The summed E-state index contributed by atoms with van der Waals surface area (Å²) in [6.07, 6.45) is 2.34. The Morgan fingerprint density at radius 3 is 2.75 bits per heavy atom. The third kappa shape index (κ3) is 3.44. The predicted octanol–water partition coefficient (Wildman–Crippen LogP) is 3.77. The van der Waals surface area contributed by atoms with Crippen molar-refractivity contribution in [3.05, 3.63) is 70.7 Å². The number of benzene rings is 1. The number of aromatic nitrogens is 2. The molecule has 0 saturated carbocycles. The summed E-state index contributed by atoms with van der Waals surface area (Å²) in [4.78, 5) is 19.9. The van der Waals surface area contributed by atoms with Crippen molar-refractivity contribution in [2.75, 3.05) is 0 Å². The van der Waals surface area contributed by atoms with Gasteiger partial charge < -0.3 is 9.73 Å². The van der Waals surface area contributed by atoms with Gasteiger partial charge in [-0.15, -0.1) is 0 Å². The molecule has 1 N–H and O–H groups in total. The molecular weight excluding hydrogens is 333 g/mol. The normalized spacial score (nSPS) is 10.6. The Morgan fingerprint density at radius 1 is 1.29 bits per heavy atom. The van der Waals surface area contributed by atoms with Gasteiger partial charge in [0, 0.05) is 16.8 Å². The van der Waals surface area contributed by atoms with E-state index < -0.39 is 11.7 Å². The fraction of sp³-hybridized carbons (Fsp3) is 0.118. The first-order valence-corrected chi connectivity index (χ1v) is 7.52. The van der Waals surface area contributed by atoms with Crippen molar-refractivity contribution in [1.82, 2.24) is 15.3 Å². The number of carbonyl (C=O) groups excluding carboxylic acids is 1. The number of nitrogens with one attached hydrogen (secondary N) is 1. The van der Waals surface area contributed by atoms with E-state index in [0.29, 0.717) is 22.4 Å². The van der Waals surface area contributed by atoms with Gasteiger partial charge in [0.25, 0.3) is 5.91 Å². The fourth-order valence-electron chi connectivity index (χ4n) is 2.21. The van der Waals surface area contributed by atoms with Gasteiger partial charge in [-0.2, -0.15) is 0 Å². The van der Waals surface area contributed by atoms with E-state index in [0.717, 1.165) is 11.8 Å². The Kier molecular flexibility index (Phi) is 4.57. The van der Waals surface area contributed by atoms with Crippen LogP contribution >= 0.6 is 11.6 Å². The van der Waals surface area contributed by atoms with E-state index in [4.69, 9.17) is 16.0 Å². The molecule has 0 aliphatic carbocycles. The largest absolute Gasteiger partial charge is 0.438 e. The van der Waals surface area contributed by atoms with E-state index >= 15 is 0 Å². The molecule has 24 heavy (non-hydrogen) atoms. The van der Waals surface area contributed by atoms with Crippen LogP contribution in [0.3, 0.4) is 0 Å². The summed E-state index contributed by atoms with van der Waals surface area (Å²) in [5.41, 5.74) is 1.45. The maximum Gasteiger partial charge on any atom is 0.254 e. The summed E-state index contributed by atoms with van der Waals surface area (Å²) >= 11 is 5.87. The van der Waals surface area contributed by atoms with E-state index in [-0.39, 0.29) is 12.1 Å². The van der Waals surface area contributed by atoms with Crippen LogP contribution in [0.25, 0.3) is 11.3 Å². The highest BCUT2D eigenvalue weighted by molar-refractivity contribution is 6.30. The number of hydrogen-bond acceptors (Lipinski definition) is 4. The lowest BCUT2D eigenvalue weighted by molar-refractivity contribution is 0.0943. The second kappa shape index (κ2) is 6.80. The number of carbonyl (C=O) groups is 1. The predicted molar refractivity (Wildman–Crippen MR) is 87.1 cm³/mol. The van der Waals surface area contributed by atoms with Gasteiger partial charge in [0.2, 0.25) is 5.89 Å². The van der Waals surface area contributed by atoms with Gasteiger partial charge in [0.15, 0.2) is 11.6 Å². The lowest BCUT2D eigenvalue weighted by Crippen LogP contribution is -2.24. The number of aryl methyl sites for hydroxylation is 1. The van der Waals surface area contributed by atoms with Crippen LogP contribution in [0.15, 0.2) is 47.1 Å². The van der Waals surface area contributed by atoms with Crippen molar-refractivity contribution in [2.24, 2.45) is 0 Å². The minimum absolute atomic E-state index is 0.0506. The van der Waals surface area contributed by atoms with E-state index in [2.05, 4.69) is 15.3 Å². The Balaban J connectivity index is 1.73. The first kappa shape index (κ1) is 16.1. The van der Waals surface area contributed by atoms with Crippen molar-refractivity contribution in [3.8, 4) is 11.3 Å². The Hall–Kier alpha value is -2.73. The molecule has 0 aliphatic heterocycles. The summed E-state index contributed by atoms with van der Waals surface area (Å²) in [5, 5.41) is 3.20. The lowest BCUT2D eigenvalue weighted by Gasteiger charge is -2.03. The molecule has 0 fully saturated rings. The molecule has 5 nitrogen and oxygen atoms in total. The number of rotatable bonds is 4. The zero-order chi connectivity index (χ0) is 17.1. The van der Waals surface area contributed by atoms with Gasteiger partial charge in [-0.3, -0.25) is 9.78 Å². The lowest BCUT2D eigenvalue weighted by atomic mass is 10.1. The minimum Gasteiger partial charge on any atom is -0.438 e. The van der Waals surface area contributed by atoms with Crippen LogP contribution in [0, 0.1) is 12.7 Å². The molecule has 0 spiro atoms. The molecule has 0 radical (unpaired) electrons. The number of amides is 1. The highest BCUT2D eigenvalue weighted by Crippen LogP contribution is 2.25. The number of pyridine rings is 1. The molecule has 122 valence electrons. The zero-order valence-corrected chi connectivity index (χ0v) is 13.5. The maximum absolute atomic E-state index is 13.5. The summed E-state index contributed by atoms with van der Waals surface area (Å²) in [6, 6.07) is 8.47. The zero-order valence-electron chi connectivity index (χ0n) is 12.7. The number of hydrogen-bond donors (Lipinski definition) is 1. The smallest absolute Gasteiger partial charge is 0.254 e. The van der Waals surface area contributed by atoms with E-state index in [1.807, 2.05) is 12.1 Å². The summed E-state index contributed by atoms with van der Waals surface area (Å²) in [5.74, 6) is -0.300. The average Bonchev–Trinajstić information content (AvgIpc) is 2.95. The molecule has 0 bridgehead atoms. The first-order chi connectivity index (χ1) is 11.5. The molecule has 7 heteroatoms. The maximum atomic E-state index is 13.5. The van der Waals surface area contributed by atoms with E-state index in [1.54, 1.807) is 19.1 Å². The number of nitrogens with zero attached hydrogens (tertiary/aromatic N) is 2. The van der Waals surface area contributed by atoms with Gasteiger partial charge in [-0.1, -0.05) is 11.6 Å².